The fraction of sp³-hybridized carbons (Fsp3) is 0.217. The zero-order chi connectivity index (χ0) is 22.5. The van der Waals surface area contributed by atoms with Crippen LogP contribution in [0.2, 0.25) is 0 Å². The number of nitrogens with zero attached hydrogens (tertiary/aromatic N) is 5. The molecule has 0 saturated heterocycles. The maximum atomic E-state index is 13.3. The number of nitrogens with one attached hydrogen (secondary N) is 1. The van der Waals surface area contributed by atoms with Crippen LogP contribution in [0.3, 0.4) is 0 Å². The minimum Gasteiger partial charge on any atom is -0.463 e. The molecule has 0 bridgehead atoms. The number of halogens is 1. The number of anilines is 2. The molecule has 3 heterocycles. The fourth-order valence-corrected chi connectivity index (χ4v) is 3.24. The van der Waals surface area contributed by atoms with Crippen LogP contribution in [0.15, 0.2) is 48.8 Å². The van der Waals surface area contributed by atoms with Crippen molar-refractivity contribution in [1.29, 1.82) is 0 Å². The second-order valence-electron chi connectivity index (χ2n) is 7.14. The Balaban J connectivity index is 0.00000306. The van der Waals surface area contributed by atoms with Gasteiger partial charge in [0.05, 0.1) is 17.9 Å². The minimum atomic E-state index is -0.288. The number of nitrogens with two attached hydrogens (primary N) is 1. The predicted molar refractivity (Wildman–Crippen MR) is 129 cm³/mol. The van der Waals surface area contributed by atoms with Gasteiger partial charge in [0.2, 0.25) is 0 Å². The number of nitrogen functional groups attached to an aromatic ring is 1. The molecule has 170 valence electrons. The summed E-state index contributed by atoms with van der Waals surface area (Å²) >= 11 is 0. The van der Waals surface area contributed by atoms with Crippen LogP contribution in [0.4, 0.5) is 16.0 Å². The highest BCUT2D eigenvalue weighted by molar-refractivity contribution is 5.85. The highest BCUT2D eigenvalue weighted by Gasteiger charge is 2.18. The number of rotatable bonds is 8. The predicted octanol–water partition coefficient (Wildman–Crippen LogP) is 4.86. The van der Waals surface area contributed by atoms with E-state index in [2.05, 4.69) is 31.3 Å². The van der Waals surface area contributed by atoms with Gasteiger partial charge in [0.25, 0.3) is 0 Å². The summed E-state index contributed by atoms with van der Waals surface area (Å²) in [5.41, 5.74) is 8.76. The lowest BCUT2D eigenvalue weighted by molar-refractivity contribution is 0.289. The van der Waals surface area contributed by atoms with Crippen LogP contribution in [-0.4, -0.2) is 31.2 Å². The lowest BCUT2D eigenvalue weighted by Crippen LogP contribution is -2.10. The lowest BCUT2D eigenvalue weighted by Gasteiger charge is -2.16. The minimum absolute atomic E-state index is 0. The molecule has 9 heteroatoms. The normalized spacial score (nSPS) is 11.8. The van der Waals surface area contributed by atoms with Crippen molar-refractivity contribution in [3.8, 4) is 29.6 Å². The van der Waals surface area contributed by atoms with Crippen molar-refractivity contribution < 1.29 is 14.8 Å². The molecular weight excluding hydrogens is 409 g/mol. The first-order chi connectivity index (χ1) is 15.5. The Morgan fingerprint density at radius 2 is 2.12 bits per heavy atom. The van der Waals surface area contributed by atoms with E-state index in [1.807, 2.05) is 6.92 Å². The van der Waals surface area contributed by atoms with Crippen molar-refractivity contribution in [3.63, 3.8) is 0 Å². The summed E-state index contributed by atoms with van der Waals surface area (Å²) in [6.45, 7) is 2.33. The van der Waals surface area contributed by atoms with Crippen LogP contribution < -0.4 is 15.8 Å². The molecule has 3 N–H and O–H groups in total. The van der Waals surface area contributed by atoms with E-state index in [-0.39, 0.29) is 23.6 Å². The van der Waals surface area contributed by atoms with Crippen molar-refractivity contribution in [2.24, 2.45) is 0 Å². The summed E-state index contributed by atoms with van der Waals surface area (Å²) in [4.78, 5) is 13.4. The Hall–Kier alpha value is -4.19. The van der Waals surface area contributed by atoms with Crippen LogP contribution >= 0.6 is 0 Å². The smallest absolute Gasteiger partial charge is 0.318 e. The fourth-order valence-electron chi connectivity index (χ4n) is 3.24. The molecule has 1 atom stereocenters. The number of terminal acetylenes is 1. The van der Waals surface area contributed by atoms with Gasteiger partial charge in [-0.05, 0) is 37.1 Å². The molecule has 1 aromatic carbocycles. The van der Waals surface area contributed by atoms with Crippen molar-refractivity contribution in [2.45, 2.75) is 25.8 Å². The second-order valence-corrected chi connectivity index (χ2v) is 7.14. The third-order valence-electron chi connectivity index (χ3n) is 4.82. The van der Waals surface area contributed by atoms with Crippen molar-refractivity contribution >= 4 is 17.3 Å². The summed E-state index contributed by atoms with van der Waals surface area (Å²) in [6, 6.07) is 9.85. The average Bonchev–Trinajstić information content (AvgIpc) is 3.12. The SMILES string of the molecule is C#CCCCOc1nc(N[C@@H](C)c2ccc(F)cc2)cc(-c2c(N)nn3cccnc23)n1.[HH].[HH].[HH].[HH]. The zero-order valence-electron chi connectivity index (χ0n) is 17.5. The lowest BCUT2D eigenvalue weighted by atomic mass is 10.1. The third-order valence-corrected chi connectivity index (χ3v) is 4.82. The molecule has 0 spiro atoms. The number of aromatic nitrogens is 5. The molecule has 0 unspecified atom stereocenters. The second kappa shape index (κ2) is 9.31. The Labute approximate surface area is 190 Å². The topological polar surface area (TPSA) is 103 Å². The Morgan fingerprint density at radius 1 is 1.31 bits per heavy atom. The molecule has 0 radical (unpaired) electrons. The van der Waals surface area contributed by atoms with E-state index in [1.165, 1.54) is 12.1 Å². The largest absolute Gasteiger partial charge is 0.463 e. The van der Waals surface area contributed by atoms with E-state index in [0.29, 0.717) is 48.0 Å². The van der Waals surface area contributed by atoms with Gasteiger partial charge >= 0.3 is 6.01 Å². The average molecular weight is 440 g/mol. The summed E-state index contributed by atoms with van der Waals surface area (Å²) < 4.78 is 20.6. The summed E-state index contributed by atoms with van der Waals surface area (Å²) in [5, 5.41) is 7.62. The highest BCUT2D eigenvalue weighted by Crippen LogP contribution is 2.31. The number of hydrogen-bond acceptors (Lipinski definition) is 7. The van der Waals surface area contributed by atoms with Crippen LogP contribution in [0.1, 0.15) is 37.1 Å². The summed E-state index contributed by atoms with van der Waals surface area (Å²) in [6.07, 6.45) is 10.0. The van der Waals surface area contributed by atoms with E-state index in [1.54, 1.807) is 41.2 Å². The van der Waals surface area contributed by atoms with Crippen molar-refractivity contribution in [3.05, 3.63) is 60.2 Å². The molecule has 0 aliphatic heterocycles. The molecule has 8 nitrogen and oxygen atoms in total. The van der Waals surface area contributed by atoms with Crippen molar-refractivity contribution in [1.82, 2.24) is 24.6 Å². The van der Waals surface area contributed by atoms with Gasteiger partial charge in [-0.25, -0.2) is 13.9 Å². The number of fused-ring (bicyclic) bond motifs is 1. The molecule has 0 aliphatic rings. The van der Waals surface area contributed by atoms with Crippen LogP contribution in [0.25, 0.3) is 16.9 Å². The highest BCUT2D eigenvalue weighted by atomic mass is 19.1. The molecular formula is C23H30FN7O. The monoisotopic (exact) mass is 439 g/mol. The summed E-state index contributed by atoms with van der Waals surface area (Å²) in [7, 11) is 0. The maximum Gasteiger partial charge on any atom is 0.318 e. The summed E-state index contributed by atoms with van der Waals surface area (Å²) in [5.74, 6) is 3.10. The molecule has 32 heavy (non-hydrogen) atoms. The Kier molecular flexibility index (Phi) is 6.12. The standard InChI is InChI=1S/C23H22FN7O.4H2/c1-3-4-5-13-32-23-28-18(20-21(25)30-31-12-6-11-26-22(20)31)14-19(29-23)27-15(2)16-7-9-17(24)10-8-16;;;;/h1,6-12,14-15H,4-5,13H2,2H3,(H2,25,30)(H,27,28,29);4*1H/t15-;;;;/m0..../s1. The van der Waals surface area contributed by atoms with Crippen LogP contribution in [-0.2, 0) is 0 Å². The molecule has 3 aromatic heterocycles. The van der Waals surface area contributed by atoms with Gasteiger partial charge in [-0.2, -0.15) is 9.97 Å². The molecule has 4 rings (SSSR count). The van der Waals surface area contributed by atoms with E-state index in [9.17, 15) is 4.39 Å². The van der Waals surface area contributed by atoms with E-state index >= 15 is 0 Å². The number of ether oxygens (including phenoxy) is 1. The van der Waals surface area contributed by atoms with Gasteiger partial charge < -0.3 is 15.8 Å². The van der Waals surface area contributed by atoms with E-state index in [0.717, 1.165) is 5.56 Å². The van der Waals surface area contributed by atoms with Gasteiger partial charge in [0, 0.05) is 36.6 Å². The number of unbranched alkanes of at least 4 members (excludes halogenated alkanes) is 1. The first-order valence-electron chi connectivity index (χ1n) is 10.1. The molecule has 4 aromatic rings. The third kappa shape index (κ3) is 4.59. The molecule has 0 amide bonds. The van der Waals surface area contributed by atoms with E-state index in [4.69, 9.17) is 16.9 Å². The first-order valence-corrected chi connectivity index (χ1v) is 10.1. The Bertz CT molecular complexity index is 1280. The zero-order valence-corrected chi connectivity index (χ0v) is 17.5. The molecule has 0 aliphatic carbocycles. The van der Waals surface area contributed by atoms with Gasteiger partial charge in [0.1, 0.15) is 11.6 Å². The number of benzene rings is 1. The van der Waals surface area contributed by atoms with E-state index < -0.39 is 0 Å². The maximum absolute atomic E-state index is 13.3. The van der Waals surface area contributed by atoms with Crippen LogP contribution in [0.5, 0.6) is 6.01 Å². The van der Waals surface area contributed by atoms with Crippen LogP contribution in [0, 0.1) is 18.2 Å². The van der Waals surface area contributed by atoms with Gasteiger partial charge in [-0.3, -0.25) is 0 Å². The molecule has 0 fully saturated rings. The van der Waals surface area contributed by atoms with Crippen molar-refractivity contribution in [2.75, 3.05) is 17.7 Å². The first kappa shape index (κ1) is 21.1. The van der Waals surface area contributed by atoms with Gasteiger partial charge in [0.15, 0.2) is 11.5 Å². The van der Waals surface area contributed by atoms with Gasteiger partial charge in [-0.1, -0.05) is 12.1 Å². The number of hydrogen-bond donors (Lipinski definition) is 2. The Morgan fingerprint density at radius 3 is 2.91 bits per heavy atom. The molecule has 0 saturated carbocycles. The van der Waals surface area contributed by atoms with Gasteiger partial charge in [-0.15, -0.1) is 17.4 Å². The quantitative estimate of drug-likeness (QED) is 0.298.